The minimum Gasteiger partial charge on any atom is -0.340 e. The average Bonchev–Trinajstić information content (AvgIpc) is 2.80. The van der Waals surface area contributed by atoms with Crippen molar-refractivity contribution in [3.63, 3.8) is 0 Å². The van der Waals surface area contributed by atoms with Gasteiger partial charge in [-0.3, -0.25) is 14.2 Å². The van der Waals surface area contributed by atoms with Crippen LogP contribution in [0.3, 0.4) is 0 Å². The molecule has 2 N–H and O–H groups in total. The van der Waals surface area contributed by atoms with Crippen LogP contribution in [-0.4, -0.2) is 39.5 Å². The number of piperidine rings is 1. The minimum absolute atomic E-state index is 0. The lowest BCUT2D eigenvalue weighted by molar-refractivity contribution is -0.135. The largest absolute Gasteiger partial charge is 0.340 e. The second kappa shape index (κ2) is 7.05. The van der Waals surface area contributed by atoms with Crippen molar-refractivity contribution in [1.82, 2.24) is 14.5 Å². The molecule has 0 spiro atoms. The zero-order valence-electron chi connectivity index (χ0n) is 15.0. The Hall–Kier alpha value is -1.44. The van der Waals surface area contributed by atoms with E-state index in [1.54, 1.807) is 0 Å². The third-order valence-electron chi connectivity index (χ3n) is 5.13. The first-order valence-electron chi connectivity index (χ1n) is 8.19. The van der Waals surface area contributed by atoms with E-state index in [4.69, 9.17) is 5.73 Å². The first-order chi connectivity index (χ1) is 11.2. The molecule has 0 saturated carbocycles. The van der Waals surface area contributed by atoms with Crippen LogP contribution in [0.15, 0.2) is 11.1 Å². The summed E-state index contributed by atoms with van der Waals surface area (Å²) in [6.45, 7) is 9.36. The fraction of sp³-hybridized carbons (Fsp3) is 0.588. The molecular weight excluding hydrogens is 360 g/mol. The van der Waals surface area contributed by atoms with Gasteiger partial charge in [-0.2, -0.15) is 0 Å². The molecular formula is C17H25ClN4O2S. The van der Waals surface area contributed by atoms with Crippen LogP contribution in [0.1, 0.15) is 30.7 Å². The van der Waals surface area contributed by atoms with Crippen molar-refractivity contribution in [2.75, 3.05) is 13.1 Å². The van der Waals surface area contributed by atoms with Crippen molar-refractivity contribution in [2.45, 2.75) is 46.7 Å². The van der Waals surface area contributed by atoms with E-state index >= 15 is 0 Å². The van der Waals surface area contributed by atoms with Crippen LogP contribution in [0, 0.1) is 19.3 Å². The van der Waals surface area contributed by atoms with E-state index in [1.165, 1.54) is 22.2 Å². The van der Waals surface area contributed by atoms with Crippen molar-refractivity contribution in [3.8, 4) is 0 Å². The van der Waals surface area contributed by atoms with Gasteiger partial charge in [0.25, 0.3) is 5.56 Å². The Bertz CT molecular complexity index is 858. The highest BCUT2D eigenvalue weighted by Gasteiger charge is 2.35. The summed E-state index contributed by atoms with van der Waals surface area (Å²) in [5, 5.41) is 0.633. The Kier molecular flexibility index (Phi) is 5.61. The quantitative estimate of drug-likeness (QED) is 0.859. The highest BCUT2D eigenvalue weighted by Crippen LogP contribution is 2.28. The van der Waals surface area contributed by atoms with E-state index in [0.717, 1.165) is 21.7 Å². The van der Waals surface area contributed by atoms with E-state index in [2.05, 4.69) is 18.8 Å². The molecule has 0 bridgehead atoms. The molecule has 1 aliphatic rings. The first kappa shape index (κ1) is 19.9. The number of likely N-dealkylation sites (tertiary alicyclic amines) is 1. The molecule has 1 unspecified atom stereocenters. The van der Waals surface area contributed by atoms with Crippen molar-refractivity contribution in [2.24, 2.45) is 11.1 Å². The summed E-state index contributed by atoms with van der Waals surface area (Å²) in [5.41, 5.74) is 6.84. The van der Waals surface area contributed by atoms with Gasteiger partial charge in [-0.1, -0.05) is 13.8 Å². The summed E-state index contributed by atoms with van der Waals surface area (Å²) >= 11 is 1.51. The fourth-order valence-electron chi connectivity index (χ4n) is 3.22. The lowest BCUT2D eigenvalue weighted by Crippen LogP contribution is -2.54. The Morgan fingerprint density at radius 2 is 2.12 bits per heavy atom. The number of halogens is 1. The lowest BCUT2D eigenvalue weighted by Gasteiger charge is -2.42. The molecule has 138 valence electrons. The molecule has 25 heavy (non-hydrogen) atoms. The summed E-state index contributed by atoms with van der Waals surface area (Å²) in [6, 6.07) is 0.0960. The van der Waals surface area contributed by atoms with Crippen LogP contribution < -0.4 is 11.3 Å². The van der Waals surface area contributed by atoms with Gasteiger partial charge in [-0.25, -0.2) is 4.98 Å². The van der Waals surface area contributed by atoms with Crippen molar-refractivity contribution < 1.29 is 4.79 Å². The van der Waals surface area contributed by atoms with Gasteiger partial charge in [0.05, 0.1) is 11.7 Å². The molecule has 1 amide bonds. The number of nitrogens with zero attached hydrogens (tertiary/aromatic N) is 3. The smallest absolute Gasteiger partial charge is 0.262 e. The van der Waals surface area contributed by atoms with Gasteiger partial charge < -0.3 is 10.6 Å². The number of nitrogens with two attached hydrogens (primary N) is 1. The number of hydrogen-bond donors (Lipinski definition) is 1. The molecule has 0 aliphatic carbocycles. The predicted octanol–water partition coefficient (Wildman–Crippen LogP) is 2.08. The maximum atomic E-state index is 12.7. The van der Waals surface area contributed by atoms with Crippen LogP contribution in [0.2, 0.25) is 0 Å². The van der Waals surface area contributed by atoms with Gasteiger partial charge in [0, 0.05) is 24.0 Å². The fourth-order valence-corrected chi connectivity index (χ4v) is 4.20. The highest BCUT2D eigenvalue weighted by atomic mass is 35.5. The molecule has 0 radical (unpaired) electrons. The van der Waals surface area contributed by atoms with Crippen molar-refractivity contribution in [3.05, 3.63) is 27.1 Å². The second-order valence-electron chi connectivity index (χ2n) is 7.34. The average molecular weight is 385 g/mol. The van der Waals surface area contributed by atoms with Gasteiger partial charge in [0.15, 0.2) is 0 Å². The monoisotopic (exact) mass is 384 g/mol. The van der Waals surface area contributed by atoms with E-state index in [1.807, 2.05) is 18.7 Å². The van der Waals surface area contributed by atoms with E-state index in [-0.39, 0.29) is 41.9 Å². The Morgan fingerprint density at radius 3 is 2.76 bits per heavy atom. The number of rotatable bonds is 2. The van der Waals surface area contributed by atoms with Crippen LogP contribution in [0.25, 0.3) is 10.2 Å². The molecule has 1 atom stereocenters. The Balaban J connectivity index is 0.00000225. The van der Waals surface area contributed by atoms with Crippen LogP contribution >= 0.6 is 23.7 Å². The zero-order chi connectivity index (χ0) is 17.6. The van der Waals surface area contributed by atoms with Gasteiger partial charge >= 0.3 is 0 Å². The summed E-state index contributed by atoms with van der Waals surface area (Å²) in [7, 11) is 0. The SMILES string of the molecule is Cc1sc2ncn(CC(=O)N3CCC(N)C(C)(C)C3)c(=O)c2c1C.Cl. The molecule has 2 aromatic heterocycles. The van der Waals surface area contributed by atoms with E-state index in [0.29, 0.717) is 18.5 Å². The highest BCUT2D eigenvalue weighted by molar-refractivity contribution is 7.18. The molecule has 3 rings (SSSR count). The first-order valence-corrected chi connectivity index (χ1v) is 9.01. The number of amides is 1. The standard InChI is InChI=1S/C17H24N4O2S.ClH/c1-10-11(2)24-15-14(10)16(23)21(9-19-15)7-13(22)20-6-5-12(18)17(3,4)8-20;/h9,12H,5-8,18H2,1-4H3;1H. The van der Waals surface area contributed by atoms with Gasteiger partial charge in [0.2, 0.25) is 5.91 Å². The Morgan fingerprint density at radius 1 is 1.44 bits per heavy atom. The molecule has 1 aliphatic heterocycles. The number of hydrogen-bond acceptors (Lipinski definition) is 5. The van der Waals surface area contributed by atoms with Gasteiger partial charge in [-0.05, 0) is 31.2 Å². The van der Waals surface area contributed by atoms with Gasteiger partial charge in [-0.15, -0.1) is 23.7 Å². The zero-order valence-corrected chi connectivity index (χ0v) is 16.7. The number of thiophene rings is 1. The number of aromatic nitrogens is 2. The number of aryl methyl sites for hydroxylation is 2. The number of carbonyl (C=O) groups excluding carboxylic acids is 1. The minimum atomic E-state index is -0.136. The van der Waals surface area contributed by atoms with Crippen molar-refractivity contribution >= 4 is 39.9 Å². The lowest BCUT2D eigenvalue weighted by atomic mass is 9.79. The second-order valence-corrected chi connectivity index (χ2v) is 8.54. The third kappa shape index (κ3) is 3.59. The predicted molar refractivity (Wildman–Crippen MR) is 104 cm³/mol. The van der Waals surface area contributed by atoms with Gasteiger partial charge in [0.1, 0.15) is 11.4 Å². The van der Waals surface area contributed by atoms with Crippen LogP contribution in [-0.2, 0) is 11.3 Å². The Labute approximate surface area is 157 Å². The summed E-state index contributed by atoms with van der Waals surface area (Å²) < 4.78 is 1.42. The maximum absolute atomic E-state index is 12.7. The normalized spacial score (nSPS) is 19.7. The van der Waals surface area contributed by atoms with E-state index in [9.17, 15) is 9.59 Å². The topological polar surface area (TPSA) is 81.2 Å². The molecule has 2 aromatic rings. The number of carbonyl (C=O) groups is 1. The molecule has 1 fully saturated rings. The number of fused-ring (bicyclic) bond motifs is 1. The summed E-state index contributed by atoms with van der Waals surface area (Å²) in [5.74, 6) is -0.0529. The molecule has 1 saturated heterocycles. The third-order valence-corrected chi connectivity index (χ3v) is 6.24. The molecule has 0 aromatic carbocycles. The molecule has 8 heteroatoms. The van der Waals surface area contributed by atoms with Crippen molar-refractivity contribution in [1.29, 1.82) is 0 Å². The molecule has 6 nitrogen and oxygen atoms in total. The molecule has 3 heterocycles. The van der Waals surface area contributed by atoms with E-state index < -0.39 is 0 Å². The maximum Gasteiger partial charge on any atom is 0.262 e. The van der Waals surface area contributed by atoms with Crippen LogP contribution in [0.5, 0.6) is 0 Å². The van der Waals surface area contributed by atoms with Crippen LogP contribution in [0.4, 0.5) is 0 Å². The summed E-state index contributed by atoms with van der Waals surface area (Å²) in [4.78, 5) is 33.3. The summed E-state index contributed by atoms with van der Waals surface area (Å²) in [6.07, 6.45) is 2.27.